The van der Waals surface area contributed by atoms with Gasteiger partial charge in [0.25, 0.3) is 0 Å². The number of carbonyl (C=O) groups excluding carboxylic acids is 2. The van der Waals surface area contributed by atoms with Crippen molar-refractivity contribution in [3.63, 3.8) is 0 Å². The minimum absolute atomic E-state index is 0.0121. The maximum atomic E-state index is 13.1. The molecule has 1 fully saturated rings. The van der Waals surface area contributed by atoms with E-state index in [-0.39, 0.29) is 17.2 Å². The molecule has 1 atom stereocenters. The van der Waals surface area contributed by atoms with Gasteiger partial charge in [-0.2, -0.15) is 0 Å². The molecule has 1 aliphatic rings. The molecule has 3 aromatic rings. The summed E-state index contributed by atoms with van der Waals surface area (Å²) < 4.78 is 4.72. The third-order valence-electron chi connectivity index (χ3n) is 5.98. The van der Waals surface area contributed by atoms with Gasteiger partial charge in [0.2, 0.25) is 5.91 Å². The number of carbonyl (C=O) groups is 2. The summed E-state index contributed by atoms with van der Waals surface area (Å²) in [6.45, 7) is 4.13. The molecule has 1 saturated carbocycles. The van der Waals surface area contributed by atoms with Crippen molar-refractivity contribution in [1.29, 1.82) is 0 Å². The molecular weight excluding hydrogens is 374 g/mol. The number of esters is 1. The molecule has 152 valence electrons. The molecule has 1 amide bonds. The third-order valence-corrected chi connectivity index (χ3v) is 5.98. The summed E-state index contributed by atoms with van der Waals surface area (Å²) in [6, 6.07) is 23.7. The van der Waals surface area contributed by atoms with Gasteiger partial charge in [0, 0.05) is 11.1 Å². The zero-order valence-electron chi connectivity index (χ0n) is 17.4. The van der Waals surface area contributed by atoms with E-state index in [2.05, 4.69) is 67.7 Å². The second kappa shape index (κ2) is 7.79. The predicted molar refractivity (Wildman–Crippen MR) is 118 cm³/mol. The van der Waals surface area contributed by atoms with Gasteiger partial charge >= 0.3 is 5.97 Å². The summed E-state index contributed by atoms with van der Waals surface area (Å²) in [6.07, 6.45) is 0.769. The molecule has 0 radical (unpaired) electrons. The number of aryl methyl sites for hydroxylation is 2. The Morgan fingerprint density at radius 1 is 0.833 bits per heavy atom. The van der Waals surface area contributed by atoms with Crippen LogP contribution >= 0.6 is 0 Å². The largest absolute Gasteiger partial charge is 0.465 e. The summed E-state index contributed by atoms with van der Waals surface area (Å²) in [5.74, 6) is -0.557. The number of rotatable bonds is 5. The van der Waals surface area contributed by atoms with Crippen LogP contribution in [0.4, 0.5) is 5.69 Å². The van der Waals surface area contributed by atoms with Gasteiger partial charge in [-0.25, -0.2) is 4.79 Å². The average Bonchev–Trinajstić information content (AvgIpc) is 3.52. The zero-order chi connectivity index (χ0) is 21.3. The highest BCUT2D eigenvalue weighted by Crippen LogP contribution is 2.59. The summed E-state index contributed by atoms with van der Waals surface area (Å²) in [5, 5.41) is 3.01. The molecule has 0 aliphatic heterocycles. The van der Waals surface area contributed by atoms with Crippen LogP contribution in [0, 0.1) is 19.8 Å². The van der Waals surface area contributed by atoms with E-state index >= 15 is 0 Å². The van der Waals surface area contributed by atoms with Gasteiger partial charge in [0.1, 0.15) is 0 Å². The van der Waals surface area contributed by atoms with E-state index in [4.69, 9.17) is 4.74 Å². The van der Waals surface area contributed by atoms with E-state index in [0.717, 1.165) is 17.5 Å². The van der Waals surface area contributed by atoms with Gasteiger partial charge < -0.3 is 10.1 Å². The van der Waals surface area contributed by atoms with Crippen LogP contribution in [0.15, 0.2) is 72.8 Å². The lowest BCUT2D eigenvalue weighted by atomic mass is 9.85. The molecule has 0 bridgehead atoms. The average molecular weight is 399 g/mol. The van der Waals surface area contributed by atoms with Crippen LogP contribution < -0.4 is 5.32 Å². The molecule has 30 heavy (non-hydrogen) atoms. The maximum Gasteiger partial charge on any atom is 0.337 e. The van der Waals surface area contributed by atoms with Crippen molar-refractivity contribution in [3.8, 4) is 0 Å². The van der Waals surface area contributed by atoms with E-state index in [1.165, 1.54) is 18.2 Å². The van der Waals surface area contributed by atoms with Crippen molar-refractivity contribution in [3.05, 3.63) is 101 Å². The zero-order valence-corrected chi connectivity index (χ0v) is 17.4. The Labute approximate surface area is 176 Å². The van der Waals surface area contributed by atoms with E-state index in [1.54, 1.807) is 24.3 Å². The number of methoxy groups -OCH3 is 1. The standard InChI is InChI=1S/C26H25NO3/c1-17-4-10-20(11-5-17)26(21-12-6-18(2)7-13-21)16-23(26)24(28)27-22-14-8-19(9-15-22)25(29)30-3/h4-15,23H,16H2,1-3H3,(H,27,28). The van der Waals surface area contributed by atoms with Crippen LogP contribution in [-0.4, -0.2) is 19.0 Å². The fourth-order valence-electron chi connectivity index (χ4n) is 4.12. The third kappa shape index (κ3) is 3.61. The van der Waals surface area contributed by atoms with Crippen molar-refractivity contribution in [2.24, 2.45) is 5.92 Å². The molecule has 4 rings (SSSR count). The van der Waals surface area contributed by atoms with Crippen molar-refractivity contribution in [2.75, 3.05) is 12.4 Å². The Balaban J connectivity index is 1.60. The molecule has 0 saturated heterocycles. The van der Waals surface area contributed by atoms with Crippen molar-refractivity contribution < 1.29 is 14.3 Å². The van der Waals surface area contributed by atoms with Gasteiger partial charge in [-0.3, -0.25) is 4.79 Å². The Morgan fingerprint density at radius 2 is 1.33 bits per heavy atom. The Morgan fingerprint density at radius 3 is 1.80 bits per heavy atom. The van der Waals surface area contributed by atoms with Gasteiger partial charge in [-0.05, 0) is 55.7 Å². The highest BCUT2D eigenvalue weighted by molar-refractivity contribution is 5.97. The quantitative estimate of drug-likeness (QED) is 0.612. The first kappa shape index (κ1) is 19.9. The number of anilines is 1. The summed E-state index contributed by atoms with van der Waals surface area (Å²) in [4.78, 5) is 24.7. The summed E-state index contributed by atoms with van der Waals surface area (Å²) >= 11 is 0. The highest BCUT2D eigenvalue weighted by atomic mass is 16.5. The lowest BCUT2D eigenvalue weighted by molar-refractivity contribution is -0.117. The van der Waals surface area contributed by atoms with Crippen LogP contribution in [0.1, 0.15) is 39.0 Å². The van der Waals surface area contributed by atoms with Crippen molar-refractivity contribution in [2.45, 2.75) is 25.7 Å². The van der Waals surface area contributed by atoms with Crippen LogP contribution in [0.3, 0.4) is 0 Å². The van der Waals surface area contributed by atoms with Gasteiger partial charge in [-0.1, -0.05) is 59.7 Å². The molecule has 1 unspecified atom stereocenters. The fourth-order valence-corrected chi connectivity index (χ4v) is 4.12. The van der Waals surface area contributed by atoms with E-state index in [0.29, 0.717) is 11.3 Å². The van der Waals surface area contributed by atoms with Crippen molar-refractivity contribution >= 4 is 17.6 Å². The van der Waals surface area contributed by atoms with E-state index in [1.807, 2.05) is 0 Å². The summed E-state index contributed by atoms with van der Waals surface area (Å²) in [5.41, 5.74) is 5.54. The van der Waals surface area contributed by atoms with Crippen LogP contribution in [0.5, 0.6) is 0 Å². The normalized spacial score (nSPS) is 16.6. The lowest BCUT2D eigenvalue weighted by Crippen LogP contribution is -2.22. The lowest BCUT2D eigenvalue weighted by Gasteiger charge is -2.19. The molecule has 3 aromatic carbocycles. The molecule has 0 spiro atoms. The van der Waals surface area contributed by atoms with Gasteiger partial charge in [0.05, 0.1) is 18.6 Å². The molecule has 1 N–H and O–H groups in total. The van der Waals surface area contributed by atoms with Crippen LogP contribution in [-0.2, 0) is 14.9 Å². The molecule has 0 heterocycles. The molecule has 4 nitrogen and oxygen atoms in total. The monoisotopic (exact) mass is 399 g/mol. The summed E-state index contributed by atoms with van der Waals surface area (Å²) in [7, 11) is 1.35. The SMILES string of the molecule is COC(=O)c1ccc(NC(=O)C2CC2(c2ccc(C)cc2)c2ccc(C)cc2)cc1. The second-order valence-electron chi connectivity index (χ2n) is 8.02. The van der Waals surface area contributed by atoms with E-state index in [9.17, 15) is 9.59 Å². The number of hydrogen-bond donors (Lipinski definition) is 1. The first-order chi connectivity index (χ1) is 14.4. The Bertz CT molecular complexity index is 1020. The Kier molecular flexibility index (Phi) is 5.17. The minimum Gasteiger partial charge on any atom is -0.465 e. The number of ether oxygens (including phenoxy) is 1. The number of amides is 1. The molecular formula is C26H25NO3. The number of hydrogen-bond acceptors (Lipinski definition) is 3. The van der Waals surface area contributed by atoms with Crippen LogP contribution in [0.25, 0.3) is 0 Å². The number of nitrogens with one attached hydrogen (secondary N) is 1. The van der Waals surface area contributed by atoms with Gasteiger partial charge in [0.15, 0.2) is 0 Å². The number of benzene rings is 3. The predicted octanol–water partition coefficient (Wildman–Crippen LogP) is 5.03. The minimum atomic E-state index is -0.396. The smallest absolute Gasteiger partial charge is 0.337 e. The first-order valence-corrected chi connectivity index (χ1v) is 10.1. The Hall–Kier alpha value is -3.40. The first-order valence-electron chi connectivity index (χ1n) is 10.1. The van der Waals surface area contributed by atoms with Crippen molar-refractivity contribution in [1.82, 2.24) is 0 Å². The molecule has 0 aromatic heterocycles. The molecule has 1 aliphatic carbocycles. The van der Waals surface area contributed by atoms with Gasteiger partial charge in [-0.15, -0.1) is 0 Å². The fraction of sp³-hybridized carbons (Fsp3) is 0.231. The second-order valence-corrected chi connectivity index (χ2v) is 8.02. The topological polar surface area (TPSA) is 55.4 Å². The molecule has 4 heteroatoms. The highest BCUT2D eigenvalue weighted by Gasteiger charge is 2.60. The van der Waals surface area contributed by atoms with Crippen LogP contribution in [0.2, 0.25) is 0 Å². The van der Waals surface area contributed by atoms with E-state index < -0.39 is 5.97 Å². The maximum absolute atomic E-state index is 13.1.